The Balaban J connectivity index is 1.82. The first-order chi connectivity index (χ1) is 13.4. The van der Waals surface area contributed by atoms with E-state index in [1.165, 1.54) is 12.1 Å². The summed E-state index contributed by atoms with van der Waals surface area (Å²) in [4.78, 5) is 29.0. The van der Waals surface area contributed by atoms with Crippen molar-refractivity contribution in [2.75, 3.05) is 5.43 Å². The molecule has 2 aromatic carbocycles. The van der Waals surface area contributed by atoms with Gasteiger partial charge in [-0.05, 0) is 42.5 Å². The van der Waals surface area contributed by atoms with Crippen molar-refractivity contribution in [2.45, 2.75) is 0 Å². The summed E-state index contributed by atoms with van der Waals surface area (Å²) in [6, 6.07) is 11.2. The van der Waals surface area contributed by atoms with Crippen LogP contribution in [0.25, 0.3) is 5.57 Å². The third-order valence-electron chi connectivity index (χ3n) is 4.04. The van der Waals surface area contributed by atoms with E-state index in [-0.39, 0.29) is 31.6 Å². The topological polar surface area (TPSA) is 104 Å². The third kappa shape index (κ3) is 3.05. The smallest absolute Gasteiger partial charge is 0.279 e. The number of fused-ring (bicyclic) bond motifs is 1. The maximum atomic E-state index is 12.4. The number of phenols is 1. The zero-order valence-corrected chi connectivity index (χ0v) is 17.1. The highest BCUT2D eigenvalue weighted by atomic mass is 79.9. The second-order valence-electron chi connectivity index (χ2n) is 5.77. The molecule has 3 N–H and O–H groups in total. The third-order valence-corrected chi connectivity index (χ3v) is 5.91. The van der Waals surface area contributed by atoms with Crippen molar-refractivity contribution in [1.82, 2.24) is 4.68 Å². The monoisotopic (exact) mass is 475 g/mol. The van der Waals surface area contributed by atoms with Gasteiger partial charge in [0.05, 0.1) is 16.5 Å². The van der Waals surface area contributed by atoms with Crippen molar-refractivity contribution >= 4 is 56.9 Å². The Labute approximate surface area is 175 Å². The second kappa shape index (κ2) is 6.97. The fourth-order valence-corrected chi connectivity index (χ4v) is 4.38. The molecule has 0 aliphatic carbocycles. The zero-order valence-electron chi connectivity index (χ0n) is 13.8. The predicted octanol–water partition coefficient (Wildman–Crippen LogP) is 2.20. The van der Waals surface area contributed by atoms with E-state index in [1.807, 2.05) is 0 Å². The Hall–Kier alpha value is -2.82. The summed E-state index contributed by atoms with van der Waals surface area (Å²) in [5, 5.41) is 21.5. The van der Waals surface area contributed by atoms with E-state index in [1.54, 1.807) is 30.3 Å². The number of aromatic nitrogens is 1. The number of nitrogens with zero attached hydrogens (tertiary/aromatic N) is 2. The Morgan fingerprint density at radius 2 is 1.96 bits per heavy atom. The van der Waals surface area contributed by atoms with E-state index in [0.717, 1.165) is 20.5 Å². The highest BCUT2D eigenvalue weighted by Gasteiger charge is 2.26. The van der Waals surface area contributed by atoms with Crippen molar-refractivity contribution in [2.24, 2.45) is 4.99 Å². The van der Waals surface area contributed by atoms with E-state index >= 15 is 0 Å². The number of thiazole rings is 1. The molecule has 0 radical (unpaired) electrons. The minimum absolute atomic E-state index is 0.0189. The van der Waals surface area contributed by atoms with Crippen LogP contribution in [0.2, 0.25) is 0 Å². The van der Waals surface area contributed by atoms with E-state index in [0.29, 0.717) is 10.6 Å². The largest absolute Gasteiger partial charge is 0.507 e. The lowest BCUT2D eigenvalue weighted by Crippen LogP contribution is -2.23. The highest BCUT2D eigenvalue weighted by molar-refractivity contribution is 9.10. The van der Waals surface area contributed by atoms with Crippen LogP contribution < -0.4 is 16.0 Å². The summed E-state index contributed by atoms with van der Waals surface area (Å²) in [6.07, 6.45) is 0. The number of hydrogen-bond donors (Lipinski definition) is 3. The molecule has 0 spiro atoms. The number of carbonyl (C=O) groups is 2. The van der Waals surface area contributed by atoms with Gasteiger partial charge in [-0.15, -0.1) is 0 Å². The Kier molecular flexibility index (Phi) is 4.61. The van der Waals surface area contributed by atoms with Crippen LogP contribution in [0.15, 0.2) is 51.9 Å². The molecule has 4 rings (SSSR count). The lowest BCUT2D eigenvalue weighted by Gasteiger charge is -2.08. The summed E-state index contributed by atoms with van der Waals surface area (Å²) in [6.45, 7) is 0. The van der Waals surface area contributed by atoms with E-state index < -0.39 is 11.8 Å². The van der Waals surface area contributed by atoms with Crippen LogP contribution in [0, 0.1) is 3.95 Å². The zero-order chi connectivity index (χ0) is 20.0. The number of para-hydroxylation sites is 1. The fourth-order valence-electron chi connectivity index (χ4n) is 2.76. The molecule has 1 aliphatic heterocycles. The van der Waals surface area contributed by atoms with Crippen molar-refractivity contribution in [3.8, 4) is 11.6 Å². The number of nitrogens with one attached hydrogen (secondary N) is 1. The molecule has 3 aromatic rings. The maximum absolute atomic E-state index is 12.4. The van der Waals surface area contributed by atoms with Gasteiger partial charge in [0.25, 0.3) is 11.8 Å². The van der Waals surface area contributed by atoms with Gasteiger partial charge >= 0.3 is 0 Å². The van der Waals surface area contributed by atoms with Gasteiger partial charge in [-0.25, -0.2) is 4.99 Å². The van der Waals surface area contributed by atoms with Crippen LogP contribution in [0.1, 0.15) is 15.2 Å². The Morgan fingerprint density at radius 1 is 1.21 bits per heavy atom. The van der Waals surface area contributed by atoms with Gasteiger partial charge in [0.2, 0.25) is 5.88 Å². The number of rotatable bonds is 3. The van der Waals surface area contributed by atoms with Crippen LogP contribution in [0.5, 0.6) is 11.6 Å². The second-order valence-corrected chi connectivity index (χ2v) is 8.33. The highest BCUT2D eigenvalue weighted by Crippen LogP contribution is 2.32. The first-order valence-electron chi connectivity index (χ1n) is 7.84. The van der Waals surface area contributed by atoms with Crippen LogP contribution in [0.4, 0.5) is 0 Å². The molecule has 1 aromatic heterocycles. The predicted molar refractivity (Wildman–Crippen MR) is 109 cm³/mol. The lowest BCUT2D eigenvalue weighted by atomic mass is 10.1. The lowest BCUT2D eigenvalue weighted by molar-refractivity contribution is -0.112. The summed E-state index contributed by atoms with van der Waals surface area (Å²) < 4.78 is 1.88. The average molecular weight is 476 g/mol. The number of amides is 2. The van der Waals surface area contributed by atoms with Gasteiger partial charge < -0.3 is 10.2 Å². The summed E-state index contributed by atoms with van der Waals surface area (Å²) in [5.74, 6) is -1.76. The standard InChI is InChI=1S/C18H10BrN3O4S2/c19-8-5-6-11-10(7-8)13(16(25)20-11)14-17(26)22(18(27)28-14)21-15(24)9-3-1-2-4-12(9)23/h1-7,23,26H,(H,21,24). The van der Waals surface area contributed by atoms with Gasteiger partial charge in [0.15, 0.2) is 3.95 Å². The molecule has 0 saturated carbocycles. The number of halogens is 1. The molecule has 7 nitrogen and oxygen atoms in total. The fraction of sp³-hybridized carbons (Fsp3) is 0. The quantitative estimate of drug-likeness (QED) is 0.503. The van der Waals surface area contributed by atoms with Crippen molar-refractivity contribution in [1.29, 1.82) is 0 Å². The van der Waals surface area contributed by atoms with Gasteiger partial charge in [-0.3, -0.25) is 15.0 Å². The van der Waals surface area contributed by atoms with Gasteiger partial charge in [-0.2, -0.15) is 4.68 Å². The first kappa shape index (κ1) is 18.5. The molecule has 140 valence electrons. The van der Waals surface area contributed by atoms with Crippen molar-refractivity contribution < 1.29 is 19.8 Å². The van der Waals surface area contributed by atoms with Crippen LogP contribution >= 0.6 is 39.5 Å². The molecule has 10 heteroatoms. The Morgan fingerprint density at radius 3 is 2.71 bits per heavy atom. The summed E-state index contributed by atoms with van der Waals surface area (Å²) >= 11 is 9.57. The van der Waals surface area contributed by atoms with Crippen molar-refractivity contribution in [3.05, 3.63) is 71.9 Å². The van der Waals surface area contributed by atoms with Gasteiger partial charge in [0, 0.05) is 9.69 Å². The first-order valence-corrected chi connectivity index (χ1v) is 9.86. The van der Waals surface area contributed by atoms with Crippen LogP contribution in [-0.2, 0) is 4.79 Å². The normalized spacial score (nSPS) is 12.6. The molecule has 2 amide bonds. The van der Waals surface area contributed by atoms with Gasteiger partial charge in [-0.1, -0.05) is 39.4 Å². The molecular formula is C18H10BrN3O4S2. The van der Waals surface area contributed by atoms with Crippen LogP contribution in [-0.4, -0.2) is 26.7 Å². The minimum atomic E-state index is -0.663. The molecule has 28 heavy (non-hydrogen) atoms. The number of benzene rings is 2. The Bertz CT molecular complexity index is 1340. The molecular weight excluding hydrogens is 466 g/mol. The van der Waals surface area contributed by atoms with E-state index in [9.17, 15) is 19.8 Å². The molecule has 0 atom stereocenters. The van der Waals surface area contributed by atoms with E-state index in [2.05, 4.69) is 26.3 Å². The minimum Gasteiger partial charge on any atom is -0.507 e. The van der Waals surface area contributed by atoms with Gasteiger partial charge in [0.1, 0.15) is 10.6 Å². The van der Waals surface area contributed by atoms with Crippen LogP contribution in [0.3, 0.4) is 0 Å². The average Bonchev–Trinajstić information content (AvgIpc) is 3.11. The number of carbonyl (C=O) groups excluding carboxylic acids is 2. The number of hydrogen-bond acceptors (Lipinski definition) is 6. The maximum Gasteiger partial charge on any atom is 0.279 e. The molecule has 0 fully saturated rings. The summed E-state index contributed by atoms with van der Waals surface area (Å²) in [5.41, 5.74) is 2.67. The van der Waals surface area contributed by atoms with E-state index in [4.69, 9.17) is 12.2 Å². The molecule has 0 unspecified atom stereocenters. The number of phenolic OH excluding ortho intramolecular Hbond substituents is 1. The molecule has 1 aliphatic rings. The molecule has 0 bridgehead atoms. The molecule has 0 saturated heterocycles. The number of aromatic hydroxyl groups is 2. The van der Waals surface area contributed by atoms with Crippen molar-refractivity contribution in [3.63, 3.8) is 0 Å². The SMILES string of the molecule is O=C1N=c2ccc(Br)cc2=C1c1sc(=S)n(NC(=O)c2ccccc2O)c1O. The summed E-state index contributed by atoms with van der Waals surface area (Å²) in [7, 11) is 0. The molecule has 2 heterocycles.